The van der Waals surface area contributed by atoms with E-state index in [0.717, 1.165) is 0 Å². The molecule has 87 valence electrons. The molecule has 1 radical (unpaired) electrons. The number of hydrogen-bond acceptors (Lipinski definition) is 0. The number of rotatable bonds is 0. The predicted octanol–water partition coefficient (Wildman–Crippen LogP) is 4.00. The first-order valence-electron chi connectivity index (χ1n) is 2.58. The van der Waals surface area contributed by atoms with Crippen molar-refractivity contribution in [3.8, 4) is 0 Å². The summed E-state index contributed by atoms with van der Waals surface area (Å²) in [6, 6.07) is 0. The Kier molecular flexibility index (Phi) is 71.3. The molecule has 1 heterocycles. The van der Waals surface area contributed by atoms with Crippen LogP contribution in [0.1, 0.15) is 12.8 Å². The minimum atomic E-state index is 0. The molecule has 0 aromatic heterocycles. The van der Waals surface area contributed by atoms with E-state index in [2.05, 4.69) is 6.66 Å². The standard InChI is InChI=1S/C5H11P.Au.5ClH/c1-6-4-2-3-5-6;;;;;;/h2-5H2,1H3;;5*1H. The zero-order valence-corrected chi connectivity index (χ0v) is 13.8. The number of hydrogen-bond donors (Lipinski definition) is 0. The van der Waals surface area contributed by atoms with Gasteiger partial charge in [0.2, 0.25) is 0 Å². The van der Waals surface area contributed by atoms with E-state index in [1.165, 1.54) is 12.8 Å². The molecule has 0 atom stereocenters. The van der Waals surface area contributed by atoms with Gasteiger partial charge in [0.15, 0.2) is 0 Å². The van der Waals surface area contributed by atoms with Crippen LogP contribution in [0.3, 0.4) is 0 Å². The van der Waals surface area contributed by atoms with E-state index in [0.29, 0.717) is 7.92 Å². The maximum Gasteiger partial charge on any atom is 0 e. The molecule has 0 amide bonds. The van der Waals surface area contributed by atoms with E-state index in [4.69, 9.17) is 0 Å². The minimum absolute atomic E-state index is 0. The van der Waals surface area contributed by atoms with Crippen molar-refractivity contribution in [1.29, 1.82) is 0 Å². The summed E-state index contributed by atoms with van der Waals surface area (Å²) in [5.41, 5.74) is 0. The average molecular weight is 481 g/mol. The van der Waals surface area contributed by atoms with Crippen LogP contribution in [0.15, 0.2) is 0 Å². The Bertz CT molecular complexity index is 53.1. The molecule has 1 rings (SSSR count). The summed E-state index contributed by atoms with van der Waals surface area (Å²) < 4.78 is 0. The molecule has 0 bridgehead atoms. The van der Waals surface area contributed by atoms with Crippen molar-refractivity contribution in [1.82, 2.24) is 0 Å². The molecule has 1 saturated heterocycles. The summed E-state index contributed by atoms with van der Waals surface area (Å²) in [5.74, 6) is 0. The van der Waals surface area contributed by atoms with Crippen molar-refractivity contribution >= 4 is 70.0 Å². The fourth-order valence-corrected chi connectivity index (χ4v) is 2.63. The molecular formula is C5H16AuCl5P. The van der Waals surface area contributed by atoms with Crippen LogP contribution < -0.4 is 0 Å². The van der Waals surface area contributed by atoms with Gasteiger partial charge >= 0.3 is 0 Å². The molecule has 1 aliphatic heterocycles. The minimum Gasteiger partial charge on any atom is -0.147 e. The van der Waals surface area contributed by atoms with Crippen LogP contribution in [0.2, 0.25) is 0 Å². The molecule has 7 heteroatoms. The third kappa shape index (κ3) is 18.4. The van der Waals surface area contributed by atoms with E-state index in [9.17, 15) is 0 Å². The van der Waals surface area contributed by atoms with Crippen molar-refractivity contribution in [3.05, 3.63) is 0 Å². The Morgan fingerprint density at radius 2 is 1.00 bits per heavy atom. The quantitative estimate of drug-likeness (QED) is 0.363. The fourth-order valence-electron chi connectivity index (χ4n) is 0.875. The average Bonchev–Trinajstić information content (AvgIpc) is 1.86. The first-order chi connectivity index (χ1) is 2.89. The topological polar surface area (TPSA) is 0 Å². The molecule has 0 aliphatic carbocycles. The van der Waals surface area contributed by atoms with Gasteiger partial charge in [-0.2, -0.15) is 0 Å². The molecule has 0 aromatic rings. The van der Waals surface area contributed by atoms with Crippen molar-refractivity contribution < 1.29 is 22.4 Å². The van der Waals surface area contributed by atoms with Gasteiger partial charge in [-0.3, -0.25) is 0 Å². The SMILES string of the molecule is CP1CCCC1.Cl.Cl.Cl.Cl.Cl.[Au]. The van der Waals surface area contributed by atoms with Crippen LogP contribution >= 0.6 is 70.0 Å². The summed E-state index contributed by atoms with van der Waals surface area (Å²) in [4.78, 5) is 0. The molecule has 0 nitrogen and oxygen atoms in total. The van der Waals surface area contributed by atoms with Gasteiger partial charge in [0.05, 0.1) is 0 Å². The fraction of sp³-hybridized carbons (Fsp3) is 1.00. The van der Waals surface area contributed by atoms with Gasteiger partial charge in [-0.25, -0.2) is 0 Å². The van der Waals surface area contributed by atoms with E-state index in [1.54, 1.807) is 12.3 Å². The van der Waals surface area contributed by atoms with Crippen molar-refractivity contribution in [3.63, 3.8) is 0 Å². The molecule has 12 heavy (non-hydrogen) atoms. The van der Waals surface area contributed by atoms with Crippen LogP contribution in [0.5, 0.6) is 0 Å². The second-order valence-corrected chi connectivity index (χ2v) is 4.62. The summed E-state index contributed by atoms with van der Waals surface area (Å²) in [5, 5.41) is 0. The Hall–Kier alpha value is 2.62. The molecule has 0 spiro atoms. The van der Waals surface area contributed by atoms with Crippen molar-refractivity contribution in [2.45, 2.75) is 12.8 Å². The van der Waals surface area contributed by atoms with Gasteiger partial charge in [-0.05, 0) is 31.8 Å². The van der Waals surface area contributed by atoms with Crippen LogP contribution in [0.4, 0.5) is 0 Å². The van der Waals surface area contributed by atoms with Gasteiger partial charge in [0.1, 0.15) is 0 Å². The molecule has 0 N–H and O–H groups in total. The van der Waals surface area contributed by atoms with Gasteiger partial charge in [-0.15, -0.1) is 70.0 Å². The Balaban J connectivity index is -0.0000000150. The molecule has 0 aromatic carbocycles. The Morgan fingerprint density at radius 1 is 0.750 bits per heavy atom. The van der Waals surface area contributed by atoms with Crippen LogP contribution in [-0.4, -0.2) is 19.0 Å². The summed E-state index contributed by atoms with van der Waals surface area (Å²) in [6.07, 6.45) is 6.13. The van der Waals surface area contributed by atoms with E-state index < -0.39 is 0 Å². The Labute approximate surface area is 123 Å². The van der Waals surface area contributed by atoms with Gasteiger partial charge in [0, 0.05) is 22.4 Å². The predicted molar refractivity (Wildman–Crippen MR) is 68.1 cm³/mol. The van der Waals surface area contributed by atoms with Crippen molar-refractivity contribution in [2.24, 2.45) is 0 Å². The summed E-state index contributed by atoms with van der Waals surface area (Å²) in [6.45, 7) is 2.41. The Morgan fingerprint density at radius 3 is 1.08 bits per heavy atom. The largest absolute Gasteiger partial charge is 0.147 e. The van der Waals surface area contributed by atoms with Crippen LogP contribution in [-0.2, 0) is 22.4 Å². The molecular weight excluding hydrogens is 465 g/mol. The van der Waals surface area contributed by atoms with Gasteiger partial charge < -0.3 is 0 Å². The van der Waals surface area contributed by atoms with Crippen molar-refractivity contribution in [2.75, 3.05) is 19.0 Å². The van der Waals surface area contributed by atoms with Gasteiger partial charge in [-0.1, -0.05) is 0 Å². The van der Waals surface area contributed by atoms with E-state index >= 15 is 0 Å². The second kappa shape index (κ2) is 23.4. The molecule has 0 unspecified atom stereocenters. The zero-order chi connectivity index (χ0) is 4.41. The third-order valence-electron chi connectivity index (χ3n) is 1.33. The van der Waals surface area contributed by atoms with Gasteiger partial charge in [0.25, 0.3) is 0 Å². The monoisotopic (exact) mass is 479 g/mol. The normalized spacial score (nSPS) is 12.8. The van der Waals surface area contributed by atoms with E-state index in [-0.39, 0.29) is 84.4 Å². The second-order valence-electron chi connectivity index (χ2n) is 2.01. The summed E-state index contributed by atoms with van der Waals surface area (Å²) in [7, 11) is 0.535. The first-order valence-corrected chi connectivity index (χ1v) is 4.74. The molecule has 1 fully saturated rings. The smallest absolute Gasteiger partial charge is 0 e. The zero-order valence-electron chi connectivity index (χ0n) is 6.62. The van der Waals surface area contributed by atoms with Crippen LogP contribution in [0, 0.1) is 0 Å². The maximum absolute atomic E-state index is 2.41. The van der Waals surface area contributed by atoms with E-state index in [1.807, 2.05) is 0 Å². The first kappa shape index (κ1) is 36.5. The molecule has 0 saturated carbocycles. The molecule has 1 aliphatic rings. The van der Waals surface area contributed by atoms with Crippen LogP contribution in [0.25, 0.3) is 0 Å². The number of halogens is 5. The summed E-state index contributed by atoms with van der Waals surface area (Å²) >= 11 is 0. The maximum atomic E-state index is 2.41. The third-order valence-corrected chi connectivity index (χ3v) is 3.49.